The molecule has 140 valence electrons. The van der Waals surface area contributed by atoms with E-state index in [0.29, 0.717) is 0 Å². The fraction of sp³-hybridized carbons (Fsp3) is 0. The summed E-state index contributed by atoms with van der Waals surface area (Å²) < 4.78 is 0. The van der Waals surface area contributed by atoms with Gasteiger partial charge in [0.2, 0.25) is 0 Å². The van der Waals surface area contributed by atoms with E-state index < -0.39 is 0 Å². The third-order valence-corrected chi connectivity index (χ3v) is 5.17. The lowest BCUT2D eigenvalue weighted by molar-refractivity contribution is 1.32. The summed E-state index contributed by atoms with van der Waals surface area (Å²) in [5.74, 6) is 0. The van der Waals surface area contributed by atoms with E-state index in [2.05, 4.69) is 91.0 Å². The average molecular weight is 468 g/mol. The quantitative estimate of drug-likeness (QED) is 0.449. The summed E-state index contributed by atoms with van der Waals surface area (Å²) in [5, 5.41) is 0. The first-order valence-electron chi connectivity index (χ1n) is 6.34. The number of hydrogen-bond donors (Lipinski definition) is 0. The van der Waals surface area contributed by atoms with E-state index in [4.69, 9.17) is 0 Å². The fourth-order valence-electron chi connectivity index (χ4n) is 2.08. The Morgan fingerprint density at radius 3 is 0.720 bits per heavy atom. The molecule has 0 atom stereocenters. The summed E-state index contributed by atoms with van der Waals surface area (Å²) in [6.45, 7) is 0. The van der Waals surface area contributed by atoms with Crippen molar-refractivity contribution < 1.29 is 0 Å². The van der Waals surface area contributed by atoms with Crippen LogP contribution in [0.3, 0.4) is 0 Å². The van der Waals surface area contributed by atoms with Crippen LogP contribution in [0.1, 0.15) is 0 Å². The lowest BCUT2D eigenvalue weighted by Crippen LogP contribution is -2.04. The van der Waals surface area contributed by atoms with Gasteiger partial charge in [-0.2, -0.15) is 81.0 Å². The summed E-state index contributed by atoms with van der Waals surface area (Å²) >= 11 is 0. The molecule has 0 saturated heterocycles. The highest BCUT2D eigenvalue weighted by Gasteiger charge is 2.27. The van der Waals surface area contributed by atoms with Crippen molar-refractivity contribution in [2.75, 3.05) is 0 Å². The van der Waals surface area contributed by atoms with Crippen molar-refractivity contribution in [1.82, 2.24) is 0 Å². The maximum absolute atomic E-state index is 2.21. The van der Waals surface area contributed by atoms with Gasteiger partial charge in [-0.3, -0.25) is 0 Å². The van der Waals surface area contributed by atoms with Crippen LogP contribution in [-0.4, -0.2) is 0 Å². The first-order chi connectivity index (χ1) is 9.45. The number of rotatable bonds is 3. The Balaban J connectivity index is -0.000000367. The van der Waals surface area contributed by atoms with Gasteiger partial charge in [0.15, 0.2) is 14.7 Å². The van der Waals surface area contributed by atoms with Crippen molar-refractivity contribution in [3.05, 3.63) is 91.0 Å². The Morgan fingerprint density at radius 2 is 0.520 bits per heavy atom. The first-order valence-corrected chi connectivity index (χ1v) is 7.57. The molecule has 0 unspecified atom stereocenters. The Labute approximate surface area is 196 Å². The van der Waals surface area contributed by atoms with Crippen LogP contribution in [0.2, 0.25) is 0 Å². The lowest BCUT2D eigenvalue weighted by Gasteiger charge is -2.07. The number of hydrogen-bond acceptors (Lipinski definition) is 0. The second-order valence-corrected chi connectivity index (χ2v) is 6.27. The maximum atomic E-state index is 2.21. The van der Waals surface area contributed by atoms with Crippen molar-refractivity contribution >= 4 is 91.9 Å². The average Bonchev–Trinajstić information content (AvgIpc) is 2.51. The summed E-state index contributed by atoms with van der Waals surface area (Å²) in [5.41, 5.74) is 0. The third kappa shape index (κ3) is 9.04. The second kappa shape index (κ2) is 17.5. The third-order valence-electron chi connectivity index (χ3n) is 2.94. The molecule has 0 bridgehead atoms. The van der Waals surface area contributed by atoms with Crippen LogP contribution in [0.15, 0.2) is 106 Å². The molecule has 0 aliphatic carbocycles. The predicted molar refractivity (Wildman–Crippen MR) is 144 cm³/mol. The molecule has 0 aliphatic heterocycles. The van der Waals surface area contributed by atoms with Crippen molar-refractivity contribution in [1.29, 1.82) is 0 Å². The molecule has 0 amide bonds. The zero-order chi connectivity index (χ0) is 12.9. The van der Waals surface area contributed by atoms with Gasteiger partial charge in [-0.15, -0.1) is 0 Å². The van der Waals surface area contributed by atoms with Crippen molar-refractivity contribution in [2.24, 2.45) is 0 Å². The van der Waals surface area contributed by atoms with E-state index >= 15 is 0 Å². The molecule has 0 nitrogen and oxygen atoms in total. The molecule has 0 aromatic heterocycles. The molecule has 0 aliphatic rings. The monoisotopic (exact) mass is 467 g/mol. The summed E-state index contributed by atoms with van der Waals surface area (Å²) in [6, 6.07) is 32.2. The molecule has 0 heterocycles. The summed E-state index contributed by atoms with van der Waals surface area (Å²) in [4.78, 5) is 4.08. The van der Waals surface area contributed by atoms with Crippen LogP contribution in [0, 0.1) is 0 Å². The largest absolute Gasteiger partial charge is 0.197 e. The van der Waals surface area contributed by atoms with Gasteiger partial charge < -0.3 is 0 Å². The van der Waals surface area contributed by atoms with E-state index in [9.17, 15) is 0 Å². The topological polar surface area (TPSA) is 0 Å². The van der Waals surface area contributed by atoms with E-state index in [1.165, 1.54) is 14.7 Å². The second-order valence-electron chi connectivity index (χ2n) is 4.25. The molecule has 3 aromatic carbocycles. The fourth-order valence-corrected chi connectivity index (χ4v) is 4.18. The molecule has 0 saturated carbocycles. The highest BCUT2D eigenvalue weighted by molar-refractivity contribution is 7.97. The van der Waals surface area contributed by atoms with Crippen LogP contribution in [-0.2, 0) is 10.9 Å². The summed E-state index contributed by atoms with van der Waals surface area (Å²) in [7, 11) is -0.0146. The van der Waals surface area contributed by atoms with Gasteiger partial charge in [0, 0.05) is 0 Å². The van der Waals surface area contributed by atoms with E-state index in [1.807, 2.05) is 0 Å². The Bertz CT molecular complexity index is 539. The maximum Gasteiger partial charge on any atom is 0.166 e. The smallest absolute Gasteiger partial charge is 0.166 e. The van der Waals surface area contributed by atoms with Gasteiger partial charge in [-0.05, 0) is 36.4 Å². The van der Waals surface area contributed by atoms with Gasteiger partial charge in [0.05, 0.1) is 10.9 Å². The van der Waals surface area contributed by atoms with Crippen LogP contribution >= 0.6 is 81.0 Å². The molecule has 0 fully saturated rings. The Morgan fingerprint density at radius 1 is 0.320 bits per heavy atom. The molecule has 7 heteroatoms. The van der Waals surface area contributed by atoms with Gasteiger partial charge in [-0.1, -0.05) is 54.6 Å². The van der Waals surface area contributed by atoms with E-state index in [1.54, 1.807) is 0 Å². The van der Waals surface area contributed by atoms with Gasteiger partial charge in [0.25, 0.3) is 0 Å². The molecule has 0 radical (unpaired) electrons. The minimum Gasteiger partial charge on any atom is -0.197 e. The predicted octanol–water partition coefficient (Wildman–Crippen LogP) is 5.46. The molecule has 3 aromatic rings. The Hall–Kier alpha value is 0.110. The standard InChI is InChI=1S/C18H15S.6H2S/c1-4-10-16(11-5-1)19(17-12-6-2-7-13-17)18-14-8-3-9-15-18;;;;;;/h1-15H;6*1H2/q+1;;;;;;. The molecule has 3 rings (SSSR count). The highest BCUT2D eigenvalue weighted by atomic mass is 32.2. The van der Waals surface area contributed by atoms with Crippen LogP contribution in [0.5, 0.6) is 0 Å². The molecular weight excluding hydrogens is 441 g/mol. The van der Waals surface area contributed by atoms with Crippen LogP contribution < -0.4 is 0 Å². The molecular formula is C18H27S7+. The van der Waals surface area contributed by atoms with E-state index in [0.717, 1.165) is 0 Å². The molecule has 0 spiro atoms. The zero-order valence-electron chi connectivity index (χ0n) is 13.6. The van der Waals surface area contributed by atoms with Crippen LogP contribution in [0.4, 0.5) is 0 Å². The first kappa shape index (κ1) is 32.8. The van der Waals surface area contributed by atoms with Gasteiger partial charge in [-0.25, -0.2) is 0 Å². The van der Waals surface area contributed by atoms with Crippen molar-refractivity contribution in [3.8, 4) is 0 Å². The van der Waals surface area contributed by atoms with Crippen molar-refractivity contribution in [2.45, 2.75) is 14.7 Å². The van der Waals surface area contributed by atoms with E-state index in [-0.39, 0.29) is 91.9 Å². The minimum atomic E-state index is -0.0146. The normalized spacial score (nSPS) is 8.04. The zero-order valence-corrected chi connectivity index (χ0v) is 20.4. The lowest BCUT2D eigenvalue weighted by atomic mass is 10.4. The highest BCUT2D eigenvalue weighted by Crippen LogP contribution is 2.30. The Kier molecular flexibility index (Phi) is 23.0. The minimum absolute atomic E-state index is 0. The molecule has 0 N–H and O–H groups in total. The van der Waals surface area contributed by atoms with Crippen molar-refractivity contribution in [3.63, 3.8) is 0 Å². The molecule has 25 heavy (non-hydrogen) atoms. The number of benzene rings is 3. The SMILES string of the molecule is S.S.S.S.S.S.c1ccc([S+](c2ccccc2)c2ccccc2)cc1. The summed E-state index contributed by atoms with van der Waals surface area (Å²) in [6.07, 6.45) is 0. The van der Waals surface area contributed by atoms with Gasteiger partial charge in [0.1, 0.15) is 0 Å². The van der Waals surface area contributed by atoms with Crippen LogP contribution in [0.25, 0.3) is 0 Å². The van der Waals surface area contributed by atoms with Gasteiger partial charge >= 0.3 is 0 Å².